The summed E-state index contributed by atoms with van der Waals surface area (Å²) >= 11 is 5.16. The fraction of sp³-hybridized carbons (Fsp3) is 0.150. The van der Waals surface area contributed by atoms with Crippen molar-refractivity contribution < 1.29 is 4.79 Å². The minimum atomic E-state index is -0.000807. The first-order valence-corrected chi connectivity index (χ1v) is 9.39. The maximum absolute atomic E-state index is 13.2. The molecule has 0 N–H and O–H groups in total. The van der Waals surface area contributed by atoms with Crippen LogP contribution in [-0.4, -0.2) is 5.91 Å². The van der Waals surface area contributed by atoms with Gasteiger partial charge in [-0.15, -0.1) is 11.3 Å². The smallest absolute Gasteiger partial charge is 0.259 e. The van der Waals surface area contributed by atoms with E-state index in [9.17, 15) is 4.79 Å². The molecular formula is C20H18BrNOS. The van der Waals surface area contributed by atoms with Crippen molar-refractivity contribution in [3.63, 3.8) is 0 Å². The number of halogens is 1. The van der Waals surface area contributed by atoms with Gasteiger partial charge in [0, 0.05) is 15.0 Å². The van der Waals surface area contributed by atoms with Crippen LogP contribution in [0.25, 0.3) is 0 Å². The van der Waals surface area contributed by atoms with Crippen LogP contribution in [0.3, 0.4) is 0 Å². The summed E-state index contributed by atoms with van der Waals surface area (Å²) in [5.74, 6) is -0.000807. The Hall–Kier alpha value is -1.91. The summed E-state index contributed by atoms with van der Waals surface area (Å²) in [6.45, 7) is 4.73. The van der Waals surface area contributed by atoms with Crippen molar-refractivity contribution in [2.75, 3.05) is 4.90 Å². The van der Waals surface area contributed by atoms with Crippen molar-refractivity contribution in [2.24, 2.45) is 0 Å². The van der Waals surface area contributed by atoms with Crippen molar-refractivity contribution in [2.45, 2.75) is 20.4 Å². The lowest BCUT2D eigenvalue weighted by molar-refractivity contribution is 0.0984. The highest BCUT2D eigenvalue weighted by molar-refractivity contribution is 9.10. The number of amides is 1. The number of benzene rings is 2. The van der Waals surface area contributed by atoms with Crippen LogP contribution >= 0.6 is 27.3 Å². The van der Waals surface area contributed by atoms with Crippen LogP contribution in [0.4, 0.5) is 5.69 Å². The molecule has 0 unspecified atom stereocenters. The molecule has 0 bridgehead atoms. The molecule has 1 aromatic heterocycles. The Morgan fingerprint density at radius 3 is 2.50 bits per heavy atom. The van der Waals surface area contributed by atoms with Gasteiger partial charge < -0.3 is 4.90 Å². The van der Waals surface area contributed by atoms with Crippen molar-refractivity contribution in [1.82, 2.24) is 0 Å². The Kier molecular flexibility index (Phi) is 5.17. The zero-order valence-corrected chi connectivity index (χ0v) is 16.0. The molecule has 2 aromatic carbocycles. The molecule has 2 nitrogen and oxygen atoms in total. The van der Waals surface area contributed by atoms with Crippen LogP contribution in [0.15, 0.2) is 64.5 Å². The maximum atomic E-state index is 13.2. The van der Waals surface area contributed by atoms with Gasteiger partial charge in [0.25, 0.3) is 5.91 Å². The fourth-order valence-electron chi connectivity index (χ4n) is 2.51. The van der Waals surface area contributed by atoms with Gasteiger partial charge in [-0.2, -0.15) is 0 Å². The van der Waals surface area contributed by atoms with Crippen LogP contribution in [0.2, 0.25) is 0 Å². The van der Waals surface area contributed by atoms with Gasteiger partial charge in [-0.3, -0.25) is 4.79 Å². The molecule has 0 aliphatic rings. The highest BCUT2D eigenvalue weighted by Crippen LogP contribution is 2.26. The number of carbonyl (C=O) groups excluding carboxylic acids is 1. The lowest BCUT2D eigenvalue weighted by atomic mass is 10.1. The van der Waals surface area contributed by atoms with Crippen LogP contribution in [0, 0.1) is 13.8 Å². The Balaban J connectivity index is 2.02. The molecule has 0 saturated carbocycles. The number of hydrogen-bond acceptors (Lipinski definition) is 2. The van der Waals surface area contributed by atoms with Gasteiger partial charge in [0.05, 0.1) is 12.1 Å². The van der Waals surface area contributed by atoms with Crippen LogP contribution < -0.4 is 4.90 Å². The van der Waals surface area contributed by atoms with Gasteiger partial charge in [0.1, 0.15) is 0 Å². The monoisotopic (exact) mass is 399 g/mol. The van der Waals surface area contributed by atoms with E-state index in [0.717, 1.165) is 15.0 Å². The number of anilines is 1. The highest BCUT2D eigenvalue weighted by Gasteiger charge is 2.20. The number of nitrogens with zero attached hydrogens (tertiary/aromatic N) is 1. The molecule has 1 amide bonds. The van der Waals surface area contributed by atoms with E-state index in [1.54, 1.807) is 11.3 Å². The first kappa shape index (κ1) is 16.9. The van der Waals surface area contributed by atoms with E-state index in [1.807, 2.05) is 46.7 Å². The minimum Gasteiger partial charge on any atom is -0.303 e. The quantitative estimate of drug-likeness (QED) is 0.528. The zero-order chi connectivity index (χ0) is 17.1. The molecule has 3 aromatic rings. The fourth-order valence-corrected chi connectivity index (χ4v) is 3.66. The maximum Gasteiger partial charge on any atom is 0.259 e. The molecule has 122 valence electrons. The van der Waals surface area contributed by atoms with Crippen molar-refractivity contribution >= 4 is 38.9 Å². The van der Waals surface area contributed by atoms with E-state index >= 15 is 0 Å². The third-order valence-electron chi connectivity index (χ3n) is 4.05. The van der Waals surface area contributed by atoms with Crippen molar-refractivity contribution in [3.05, 3.63) is 86.0 Å². The highest BCUT2D eigenvalue weighted by atomic mass is 79.9. The Morgan fingerprint density at radius 2 is 1.83 bits per heavy atom. The summed E-state index contributed by atoms with van der Waals surface area (Å²) < 4.78 is 0.815. The molecular weight excluding hydrogens is 382 g/mol. The zero-order valence-electron chi connectivity index (χ0n) is 13.6. The lowest BCUT2D eigenvalue weighted by Crippen LogP contribution is -2.30. The van der Waals surface area contributed by atoms with E-state index in [0.29, 0.717) is 12.1 Å². The molecule has 4 heteroatoms. The van der Waals surface area contributed by atoms with E-state index in [4.69, 9.17) is 0 Å². The number of rotatable bonds is 4. The first-order valence-electron chi connectivity index (χ1n) is 7.72. The van der Waals surface area contributed by atoms with Gasteiger partial charge in [0.15, 0.2) is 0 Å². The van der Waals surface area contributed by atoms with E-state index < -0.39 is 0 Å². The average Bonchev–Trinajstić information content (AvgIpc) is 3.08. The van der Waals surface area contributed by atoms with Gasteiger partial charge in [-0.25, -0.2) is 0 Å². The summed E-state index contributed by atoms with van der Waals surface area (Å²) in [4.78, 5) is 16.2. The molecule has 1 heterocycles. The second-order valence-corrected chi connectivity index (χ2v) is 7.61. The van der Waals surface area contributed by atoms with Crippen LogP contribution in [-0.2, 0) is 6.54 Å². The first-order chi connectivity index (χ1) is 11.6. The molecule has 0 fully saturated rings. The Bertz CT molecular complexity index is 858. The summed E-state index contributed by atoms with van der Waals surface area (Å²) in [7, 11) is 0. The molecule has 24 heavy (non-hydrogen) atoms. The molecule has 3 rings (SSSR count). The third kappa shape index (κ3) is 3.60. The van der Waals surface area contributed by atoms with Gasteiger partial charge in [0.2, 0.25) is 0 Å². The van der Waals surface area contributed by atoms with E-state index in [1.165, 1.54) is 11.1 Å². The predicted molar refractivity (Wildman–Crippen MR) is 105 cm³/mol. The normalized spacial score (nSPS) is 10.6. The summed E-state index contributed by atoms with van der Waals surface area (Å²) in [6, 6.07) is 17.8. The number of aryl methyl sites for hydroxylation is 2. The van der Waals surface area contributed by atoms with Gasteiger partial charge in [-0.05, 0) is 76.6 Å². The average molecular weight is 400 g/mol. The Labute approximate surface area is 154 Å². The second-order valence-electron chi connectivity index (χ2n) is 5.72. The molecule has 0 spiro atoms. The standard InChI is InChI=1S/C20H18BrNOS/c1-14-9-10-16(12-15(14)2)22(13-17-6-5-11-24-17)20(23)18-7-3-4-8-19(18)21/h3-12H,13H2,1-2H3. The molecule has 0 radical (unpaired) electrons. The van der Waals surface area contributed by atoms with E-state index in [-0.39, 0.29) is 5.91 Å². The largest absolute Gasteiger partial charge is 0.303 e. The van der Waals surface area contributed by atoms with Crippen LogP contribution in [0.1, 0.15) is 26.4 Å². The number of thiophene rings is 1. The summed E-state index contributed by atoms with van der Waals surface area (Å²) in [5, 5.41) is 2.04. The molecule has 0 atom stereocenters. The number of hydrogen-bond donors (Lipinski definition) is 0. The van der Waals surface area contributed by atoms with Gasteiger partial charge >= 0.3 is 0 Å². The van der Waals surface area contributed by atoms with Crippen molar-refractivity contribution in [1.29, 1.82) is 0 Å². The van der Waals surface area contributed by atoms with Crippen LogP contribution in [0.5, 0.6) is 0 Å². The number of carbonyl (C=O) groups is 1. The summed E-state index contributed by atoms with van der Waals surface area (Å²) in [6.07, 6.45) is 0. The molecule has 0 aliphatic heterocycles. The SMILES string of the molecule is Cc1ccc(N(Cc2cccs2)C(=O)c2ccccc2Br)cc1C. The van der Waals surface area contributed by atoms with E-state index in [2.05, 4.69) is 48.0 Å². The third-order valence-corrected chi connectivity index (χ3v) is 5.60. The predicted octanol–water partition coefficient (Wildman–Crippen LogP) is 5.97. The second kappa shape index (κ2) is 7.32. The minimum absolute atomic E-state index is 0.000807. The van der Waals surface area contributed by atoms with Crippen molar-refractivity contribution in [3.8, 4) is 0 Å². The van der Waals surface area contributed by atoms with Gasteiger partial charge in [-0.1, -0.05) is 24.3 Å². The lowest BCUT2D eigenvalue weighted by Gasteiger charge is -2.24. The molecule has 0 saturated heterocycles. The topological polar surface area (TPSA) is 20.3 Å². The molecule has 0 aliphatic carbocycles. The Morgan fingerprint density at radius 1 is 1.04 bits per heavy atom. The summed E-state index contributed by atoms with van der Waals surface area (Å²) in [5.41, 5.74) is 4.01.